The Morgan fingerprint density at radius 2 is 1.81 bits per heavy atom. The quantitative estimate of drug-likeness (QED) is 0.656. The highest BCUT2D eigenvalue weighted by Crippen LogP contribution is 2.10. The minimum Gasteiger partial charge on any atom is -0.317 e. The summed E-state index contributed by atoms with van der Waals surface area (Å²) in [7, 11) is 2.08. The Kier molecular flexibility index (Phi) is 6.91. The summed E-state index contributed by atoms with van der Waals surface area (Å²) in [5.74, 6) is 0. The summed E-state index contributed by atoms with van der Waals surface area (Å²) in [6, 6.07) is 11.4. The van der Waals surface area contributed by atoms with Gasteiger partial charge in [-0.25, -0.2) is 0 Å². The molecule has 0 aliphatic heterocycles. The molecule has 16 heavy (non-hydrogen) atoms. The van der Waals surface area contributed by atoms with Crippen LogP contribution < -0.4 is 5.32 Å². The number of likely N-dealkylation sites (N-methyl/N-ethyl adjacent to an activating group) is 1. The Balaban J connectivity index is 2.26. The van der Waals surface area contributed by atoms with Gasteiger partial charge in [-0.15, -0.1) is 0 Å². The van der Waals surface area contributed by atoms with E-state index in [0.29, 0.717) is 6.04 Å². The first-order valence-corrected chi connectivity index (χ1v) is 6.58. The third-order valence-corrected chi connectivity index (χ3v) is 3.14. The molecule has 1 nitrogen and oxygen atoms in total. The molecule has 1 aromatic carbocycles. The average molecular weight is 219 g/mol. The molecule has 0 amide bonds. The first kappa shape index (κ1) is 13.2. The summed E-state index contributed by atoms with van der Waals surface area (Å²) in [4.78, 5) is 0. The number of rotatable bonds is 8. The van der Waals surface area contributed by atoms with E-state index in [1.165, 1.54) is 37.7 Å². The molecule has 0 bridgehead atoms. The van der Waals surface area contributed by atoms with Crippen LogP contribution in [0.3, 0.4) is 0 Å². The van der Waals surface area contributed by atoms with Crippen LogP contribution in [-0.2, 0) is 6.42 Å². The maximum Gasteiger partial charge on any atom is 0.0104 e. The van der Waals surface area contributed by atoms with Gasteiger partial charge in [0.05, 0.1) is 0 Å². The predicted molar refractivity (Wildman–Crippen MR) is 71.8 cm³/mol. The van der Waals surface area contributed by atoms with Gasteiger partial charge in [0.1, 0.15) is 0 Å². The molecule has 1 atom stereocenters. The van der Waals surface area contributed by atoms with E-state index in [-0.39, 0.29) is 0 Å². The fourth-order valence-electron chi connectivity index (χ4n) is 2.06. The molecule has 1 heteroatoms. The van der Waals surface area contributed by atoms with Crippen molar-refractivity contribution >= 4 is 0 Å². The second-order valence-electron chi connectivity index (χ2n) is 4.52. The molecule has 0 radical (unpaired) electrons. The van der Waals surface area contributed by atoms with Gasteiger partial charge in [-0.2, -0.15) is 0 Å². The summed E-state index contributed by atoms with van der Waals surface area (Å²) in [5.41, 5.74) is 1.44. The maximum atomic E-state index is 3.43. The van der Waals surface area contributed by atoms with E-state index in [1.807, 2.05) is 0 Å². The monoisotopic (exact) mass is 219 g/mol. The second-order valence-corrected chi connectivity index (χ2v) is 4.52. The molecule has 0 aliphatic carbocycles. The lowest BCUT2D eigenvalue weighted by atomic mass is 10.0. The van der Waals surface area contributed by atoms with Crippen LogP contribution in [0, 0.1) is 0 Å². The van der Waals surface area contributed by atoms with Crippen molar-refractivity contribution < 1.29 is 0 Å². The zero-order valence-electron chi connectivity index (χ0n) is 10.7. The van der Waals surface area contributed by atoms with E-state index in [9.17, 15) is 0 Å². The molecule has 1 rings (SSSR count). The van der Waals surface area contributed by atoms with Crippen molar-refractivity contribution in [2.75, 3.05) is 7.05 Å². The van der Waals surface area contributed by atoms with Gasteiger partial charge in [0.15, 0.2) is 0 Å². The fourth-order valence-corrected chi connectivity index (χ4v) is 2.06. The minimum atomic E-state index is 0.638. The molecule has 0 aliphatic rings. The standard InChI is InChI=1S/C15H25N/c1-3-4-5-9-12-15(16-2)13-14-10-7-6-8-11-14/h6-8,10-11,15-16H,3-5,9,12-13H2,1-2H3. The molecule has 90 valence electrons. The van der Waals surface area contributed by atoms with Crippen LogP contribution in [0.5, 0.6) is 0 Å². The highest BCUT2D eigenvalue weighted by molar-refractivity contribution is 5.15. The molecule has 0 saturated heterocycles. The maximum absolute atomic E-state index is 3.43. The summed E-state index contributed by atoms with van der Waals surface area (Å²) < 4.78 is 0. The van der Waals surface area contributed by atoms with Crippen molar-refractivity contribution in [1.82, 2.24) is 5.32 Å². The molecular weight excluding hydrogens is 194 g/mol. The third kappa shape index (κ3) is 5.32. The lowest BCUT2D eigenvalue weighted by Crippen LogP contribution is -2.27. The van der Waals surface area contributed by atoms with Crippen molar-refractivity contribution in [2.45, 2.75) is 51.5 Å². The minimum absolute atomic E-state index is 0.638. The van der Waals surface area contributed by atoms with E-state index in [2.05, 4.69) is 49.6 Å². The van der Waals surface area contributed by atoms with Gasteiger partial charge in [-0.3, -0.25) is 0 Å². The summed E-state index contributed by atoms with van der Waals surface area (Å²) in [6.07, 6.45) is 7.88. The largest absolute Gasteiger partial charge is 0.317 e. The lowest BCUT2D eigenvalue weighted by Gasteiger charge is -2.16. The van der Waals surface area contributed by atoms with Gasteiger partial charge in [0.25, 0.3) is 0 Å². The van der Waals surface area contributed by atoms with Crippen molar-refractivity contribution in [3.8, 4) is 0 Å². The molecule has 0 heterocycles. The highest BCUT2D eigenvalue weighted by Gasteiger charge is 2.06. The molecular formula is C15H25N. The van der Waals surface area contributed by atoms with Gasteiger partial charge in [-0.1, -0.05) is 62.9 Å². The van der Waals surface area contributed by atoms with Crippen LogP contribution in [0.25, 0.3) is 0 Å². The Bertz CT molecular complexity index is 255. The molecule has 1 unspecified atom stereocenters. The lowest BCUT2D eigenvalue weighted by molar-refractivity contribution is 0.485. The van der Waals surface area contributed by atoms with Crippen LogP contribution in [0.15, 0.2) is 30.3 Å². The van der Waals surface area contributed by atoms with Gasteiger partial charge >= 0.3 is 0 Å². The second kappa shape index (κ2) is 8.35. The van der Waals surface area contributed by atoms with Crippen molar-refractivity contribution in [1.29, 1.82) is 0 Å². The first-order chi connectivity index (χ1) is 7.86. The molecule has 0 spiro atoms. The number of nitrogens with one attached hydrogen (secondary N) is 1. The predicted octanol–water partition coefficient (Wildman–Crippen LogP) is 3.79. The first-order valence-electron chi connectivity index (χ1n) is 6.58. The molecule has 1 N–H and O–H groups in total. The van der Waals surface area contributed by atoms with Crippen LogP contribution in [0.4, 0.5) is 0 Å². The van der Waals surface area contributed by atoms with Crippen molar-refractivity contribution in [3.63, 3.8) is 0 Å². The molecule has 0 saturated carbocycles. The van der Waals surface area contributed by atoms with E-state index in [1.54, 1.807) is 0 Å². The van der Waals surface area contributed by atoms with E-state index in [0.717, 1.165) is 6.42 Å². The fraction of sp³-hybridized carbons (Fsp3) is 0.600. The van der Waals surface area contributed by atoms with E-state index >= 15 is 0 Å². The van der Waals surface area contributed by atoms with Crippen LogP contribution in [0.1, 0.15) is 44.6 Å². The number of benzene rings is 1. The smallest absolute Gasteiger partial charge is 0.0104 e. The zero-order valence-corrected chi connectivity index (χ0v) is 10.7. The summed E-state index contributed by atoms with van der Waals surface area (Å²) in [5, 5.41) is 3.43. The van der Waals surface area contributed by atoms with Gasteiger partial charge in [0.2, 0.25) is 0 Å². The number of hydrogen-bond donors (Lipinski definition) is 1. The average Bonchev–Trinajstić information content (AvgIpc) is 2.34. The molecule has 1 aromatic rings. The third-order valence-electron chi connectivity index (χ3n) is 3.14. The van der Waals surface area contributed by atoms with E-state index in [4.69, 9.17) is 0 Å². The Morgan fingerprint density at radius 3 is 2.44 bits per heavy atom. The normalized spacial score (nSPS) is 12.6. The molecule has 0 fully saturated rings. The Hall–Kier alpha value is -0.820. The zero-order chi connectivity index (χ0) is 11.6. The van der Waals surface area contributed by atoms with Gasteiger partial charge in [0, 0.05) is 6.04 Å². The SMILES string of the molecule is CCCCCCC(Cc1ccccc1)NC. The van der Waals surface area contributed by atoms with Crippen LogP contribution in [-0.4, -0.2) is 13.1 Å². The van der Waals surface area contributed by atoms with E-state index < -0.39 is 0 Å². The Morgan fingerprint density at radius 1 is 1.06 bits per heavy atom. The van der Waals surface area contributed by atoms with Crippen LogP contribution >= 0.6 is 0 Å². The van der Waals surface area contributed by atoms with Gasteiger partial charge < -0.3 is 5.32 Å². The highest BCUT2D eigenvalue weighted by atomic mass is 14.9. The summed E-state index contributed by atoms with van der Waals surface area (Å²) >= 11 is 0. The van der Waals surface area contributed by atoms with Crippen molar-refractivity contribution in [2.24, 2.45) is 0 Å². The summed E-state index contributed by atoms with van der Waals surface area (Å²) in [6.45, 7) is 2.26. The number of unbranched alkanes of at least 4 members (excludes halogenated alkanes) is 3. The molecule has 0 aromatic heterocycles. The topological polar surface area (TPSA) is 12.0 Å². The van der Waals surface area contributed by atoms with Gasteiger partial charge in [-0.05, 0) is 25.5 Å². The van der Waals surface area contributed by atoms with Crippen LogP contribution in [0.2, 0.25) is 0 Å². The Labute approximate surface area is 100 Å². The number of hydrogen-bond acceptors (Lipinski definition) is 1. The van der Waals surface area contributed by atoms with Crippen molar-refractivity contribution in [3.05, 3.63) is 35.9 Å².